The minimum absolute atomic E-state index is 0.222. The van der Waals surface area contributed by atoms with Crippen LogP contribution in [0, 0.1) is 0 Å². The number of fused-ring (bicyclic) bond motifs is 6. The van der Waals surface area contributed by atoms with Crippen molar-refractivity contribution in [3.05, 3.63) is 153 Å². The molecule has 0 aliphatic rings. The third kappa shape index (κ3) is 21.6. The molecule has 0 fully saturated rings. The maximum absolute atomic E-state index is 10.8. The van der Waals surface area contributed by atoms with E-state index in [0.717, 1.165) is 144 Å². The lowest BCUT2D eigenvalue weighted by Crippen LogP contribution is -2.02. The molecule has 12 rings (SSSR count). The number of para-hydroxylation sites is 1. The van der Waals surface area contributed by atoms with Gasteiger partial charge in [0.1, 0.15) is 45.7 Å². The average molecular weight is 1220 g/mol. The quantitative estimate of drug-likeness (QED) is 0.0543. The van der Waals surface area contributed by atoms with E-state index in [4.69, 9.17) is 0 Å². The molecule has 11 aromatic heterocycles. The van der Waals surface area contributed by atoms with Crippen molar-refractivity contribution in [3.63, 3.8) is 0 Å². The number of ketones is 6. The Kier molecular flexibility index (Phi) is 26.6. The van der Waals surface area contributed by atoms with E-state index in [1.54, 1.807) is 104 Å². The van der Waals surface area contributed by atoms with Crippen LogP contribution >= 0.6 is 0 Å². The lowest BCUT2D eigenvalue weighted by atomic mass is 10.2. The second-order valence-corrected chi connectivity index (χ2v) is 21.7. The van der Waals surface area contributed by atoms with Gasteiger partial charge in [-0.25, -0.2) is 19.3 Å². The molecule has 23 heteroatoms. The predicted molar refractivity (Wildman–Crippen MR) is 347 cm³/mol. The third-order valence-corrected chi connectivity index (χ3v) is 14.0. The first-order valence-electron chi connectivity index (χ1n) is 30.3. The molecule has 0 saturated heterocycles. The number of carbonyl (C=O) groups is 6. The van der Waals surface area contributed by atoms with Crippen LogP contribution in [0.5, 0.6) is 0 Å². The second-order valence-electron chi connectivity index (χ2n) is 21.7. The third-order valence-electron chi connectivity index (χ3n) is 14.0. The standard InChI is InChI=1S/C12H14N2O.5C11H13N3O/c1-10(15)5-4-8-14-12-7-3-2-6-11(12)9-13-14;2*1-9(15)4-3-7-14-11-5-2-6-12-10(11)8-13-14;2*1-9(15)4-3-7-14-11-10(8-13-14)5-2-6-12-11;1-9(15)3-2-6-14-11-8-12-5-4-10(11)7-13-14/h2-3,6-7,9H,4-5,8H2,1H3;4*2,5-6,8H,3-4,7H2,1H3;4-5,7-8H,2-3,6H2,1H3. The summed E-state index contributed by atoms with van der Waals surface area (Å²) in [4.78, 5) is 85.7. The minimum atomic E-state index is 0.222. The summed E-state index contributed by atoms with van der Waals surface area (Å²) in [7, 11) is 0. The van der Waals surface area contributed by atoms with Crippen LogP contribution in [0.1, 0.15) is 119 Å². The second kappa shape index (κ2) is 35.6. The van der Waals surface area contributed by atoms with Crippen molar-refractivity contribution in [1.29, 1.82) is 0 Å². The molecule has 11 heterocycles. The molecule has 12 aromatic rings. The van der Waals surface area contributed by atoms with Gasteiger partial charge in [0.15, 0.2) is 11.3 Å². The van der Waals surface area contributed by atoms with Gasteiger partial charge in [-0.1, -0.05) is 18.2 Å². The van der Waals surface area contributed by atoms with Crippen molar-refractivity contribution in [2.75, 3.05) is 0 Å². The Labute approximate surface area is 521 Å². The van der Waals surface area contributed by atoms with Crippen molar-refractivity contribution in [2.45, 2.75) is 158 Å². The van der Waals surface area contributed by atoms with Crippen molar-refractivity contribution in [2.24, 2.45) is 0 Å². The van der Waals surface area contributed by atoms with Gasteiger partial charge in [0.05, 0.1) is 65.4 Å². The highest BCUT2D eigenvalue weighted by Gasteiger charge is 2.08. The molecule has 0 amide bonds. The van der Waals surface area contributed by atoms with Crippen LogP contribution in [0.15, 0.2) is 153 Å². The molecule has 0 aliphatic carbocycles. The number of benzene rings is 1. The van der Waals surface area contributed by atoms with E-state index in [0.29, 0.717) is 38.5 Å². The number of hydrogen-bond donors (Lipinski definition) is 0. The Hall–Kier alpha value is -10.2. The number of hydrogen-bond acceptors (Lipinski definition) is 17. The van der Waals surface area contributed by atoms with Gasteiger partial charge in [0, 0.05) is 130 Å². The topological polar surface area (TPSA) is 274 Å². The molecule has 0 N–H and O–H groups in total. The van der Waals surface area contributed by atoms with Crippen LogP contribution in [-0.2, 0) is 68.0 Å². The predicted octanol–water partition coefficient (Wildman–Crippen LogP) is 11.4. The number of pyridine rings is 5. The van der Waals surface area contributed by atoms with Crippen LogP contribution in [0.2, 0.25) is 0 Å². The van der Waals surface area contributed by atoms with E-state index >= 15 is 0 Å². The molecule has 0 saturated carbocycles. The van der Waals surface area contributed by atoms with Crippen molar-refractivity contribution >= 4 is 101 Å². The Morgan fingerprint density at radius 3 is 1.01 bits per heavy atom. The zero-order valence-electron chi connectivity index (χ0n) is 52.2. The van der Waals surface area contributed by atoms with E-state index < -0.39 is 0 Å². The van der Waals surface area contributed by atoms with E-state index in [1.165, 1.54) is 0 Å². The first-order valence-corrected chi connectivity index (χ1v) is 30.3. The number of rotatable bonds is 24. The summed E-state index contributed by atoms with van der Waals surface area (Å²) in [6.07, 6.45) is 30.1. The Bertz CT molecular complexity index is 3550. The SMILES string of the molecule is CC(=O)CCCn1ncc2ccccc21.CC(=O)CCCn1ncc2cccnc21.CC(=O)CCCn1ncc2cccnc21.CC(=O)CCCn1ncc2ccncc21.CC(=O)CCCn1ncc2ncccc21.CC(=O)CCCn1ncc2ncccc21. The summed E-state index contributed by atoms with van der Waals surface area (Å²) in [5.74, 6) is 1.36. The highest BCUT2D eigenvalue weighted by Crippen LogP contribution is 2.17. The number of carbonyl (C=O) groups excluding carboxylic acids is 6. The average Bonchev–Trinajstić information content (AvgIpc) is 4.50. The number of Topliss-reactive ketones (excluding diaryl/α,β-unsaturated/α-hetero) is 6. The summed E-state index contributed by atoms with van der Waals surface area (Å²) < 4.78 is 11.3. The van der Waals surface area contributed by atoms with Gasteiger partial charge >= 0.3 is 0 Å². The zero-order chi connectivity index (χ0) is 64.0. The Morgan fingerprint density at radius 2 is 0.589 bits per heavy atom. The van der Waals surface area contributed by atoms with Crippen molar-refractivity contribution in [1.82, 2.24) is 83.6 Å². The summed E-state index contributed by atoms with van der Waals surface area (Å²) in [5, 5.41) is 29.8. The molecular weight excluding hydrogens is 1140 g/mol. The van der Waals surface area contributed by atoms with Crippen LogP contribution in [0.3, 0.4) is 0 Å². The Balaban J connectivity index is 0.000000154. The van der Waals surface area contributed by atoms with Gasteiger partial charge in [-0.2, -0.15) is 30.6 Å². The molecule has 0 unspecified atom stereocenters. The smallest absolute Gasteiger partial charge is 0.157 e. The van der Waals surface area contributed by atoms with Crippen LogP contribution in [0.25, 0.3) is 65.9 Å². The fourth-order valence-electron chi connectivity index (χ4n) is 9.50. The van der Waals surface area contributed by atoms with E-state index in [1.807, 2.05) is 113 Å². The van der Waals surface area contributed by atoms with E-state index in [9.17, 15) is 28.8 Å². The first kappa shape index (κ1) is 67.3. The normalized spacial score (nSPS) is 10.7. The molecule has 23 nitrogen and oxygen atoms in total. The number of aromatic nitrogens is 17. The van der Waals surface area contributed by atoms with Crippen molar-refractivity contribution < 1.29 is 28.8 Å². The molecule has 0 bridgehead atoms. The largest absolute Gasteiger partial charge is 0.300 e. The molecule has 90 heavy (non-hydrogen) atoms. The lowest BCUT2D eigenvalue weighted by Gasteiger charge is -2.01. The molecule has 0 aliphatic heterocycles. The first-order chi connectivity index (χ1) is 43.6. The molecule has 1 aromatic carbocycles. The maximum atomic E-state index is 10.8. The summed E-state index contributed by atoms with van der Waals surface area (Å²) >= 11 is 0. The van der Waals surface area contributed by atoms with Gasteiger partial charge in [-0.15, -0.1) is 0 Å². The monoisotopic (exact) mass is 1220 g/mol. The van der Waals surface area contributed by atoms with Crippen molar-refractivity contribution in [3.8, 4) is 0 Å². The van der Waals surface area contributed by atoms with Gasteiger partial charge in [-0.05, 0) is 141 Å². The number of aryl methyl sites for hydroxylation is 6. The fraction of sp³-hybridized carbons (Fsp3) is 0.358. The molecule has 0 radical (unpaired) electrons. The highest BCUT2D eigenvalue weighted by atomic mass is 16.1. The Morgan fingerprint density at radius 1 is 0.289 bits per heavy atom. The molecule has 468 valence electrons. The van der Waals surface area contributed by atoms with Gasteiger partial charge < -0.3 is 28.8 Å². The van der Waals surface area contributed by atoms with Crippen LogP contribution in [0.4, 0.5) is 0 Å². The lowest BCUT2D eigenvalue weighted by molar-refractivity contribution is -0.118. The molecule has 0 atom stereocenters. The summed E-state index contributed by atoms with van der Waals surface area (Å²) in [6.45, 7) is 14.3. The van der Waals surface area contributed by atoms with Crippen LogP contribution in [-0.4, -0.2) is 118 Å². The fourth-order valence-corrected chi connectivity index (χ4v) is 9.50. The van der Waals surface area contributed by atoms with Gasteiger partial charge in [0.2, 0.25) is 0 Å². The van der Waals surface area contributed by atoms with Gasteiger partial charge in [-0.3, -0.25) is 33.7 Å². The van der Waals surface area contributed by atoms with E-state index in [2.05, 4.69) is 61.6 Å². The minimum Gasteiger partial charge on any atom is -0.300 e. The van der Waals surface area contributed by atoms with Crippen LogP contribution < -0.4 is 0 Å². The highest BCUT2D eigenvalue weighted by molar-refractivity contribution is 5.81. The zero-order valence-corrected chi connectivity index (χ0v) is 52.2. The molecule has 0 spiro atoms. The van der Waals surface area contributed by atoms with E-state index in [-0.39, 0.29) is 34.7 Å². The number of nitrogens with zero attached hydrogens (tertiary/aromatic N) is 17. The molecular formula is C67H79N17O6. The van der Waals surface area contributed by atoms with Gasteiger partial charge in [0.25, 0.3) is 0 Å². The maximum Gasteiger partial charge on any atom is 0.157 e. The summed E-state index contributed by atoms with van der Waals surface area (Å²) in [6, 6.07) is 25.6. The summed E-state index contributed by atoms with van der Waals surface area (Å²) in [5.41, 5.74) is 7.81.